The van der Waals surface area contributed by atoms with E-state index in [1.807, 2.05) is 0 Å². The minimum absolute atomic E-state index is 0.0185. The van der Waals surface area contributed by atoms with Gasteiger partial charge in [-0.2, -0.15) is 18.3 Å². The first kappa shape index (κ1) is 22.4. The maximum absolute atomic E-state index is 13.8. The Morgan fingerprint density at radius 2 is 1.97 bits per heavy atom. The van der Waals surface area contributed by atoms with E-state index in [0.717, 1.165) is 16.9 Å². The molecule has 0 radical (unpaired) electrons. The zero-order chi connectivity index (χ0) is 22.9. The van der Waals surface area contributed by atoms with Gasteiger partial charge in [0.15, 0.2) is 0 Å². The lowest BCUT2D eigenvalue weighted by molar-refractivity contribution is -0.141. The van der Waals surface area contributed by atoms with Gasteiger partial charge in [0.25, 0.3) is 5.91 Å². The van der Waals surface area contributed by atoms with Crippen molar-refractivity contribution in [2.24, 2.45) is 0 Å². The minimum atomic E-state index is -4.53. The summed E-state index contributed by atoms with van der Waals surface area (Å²) in [6.45, 7) is 0.423. The second kappa shape index (κ2) is 8.99. The van der Waals surface area contributed by atoms with Gasteiger partial charge in [0, 0.05) is 49.6 Å². The molecule has 4 heterocycles. The number of ether oxygens (including phenoxy) is 1. The molecule has 1 aliphatic heterocycles. The monoisotopic (exact) mass is 471 g/mol. The summed E-state index contributed by atoms with van der Waals surface area (Å²) in [6, 6.07) is 2.41. The Morgan fingerprint density at radius 1 is 1.16 bits per heavy atom. The van der Waals surface area contributed by atoms with Gasteiger partial charge in [0.05, 0.1) is 22.8 Å². The molecule has 3 aromatic heterocycles. The van der Waals surface area contributed by atoms with Crippen LogP contribution in [0.4, 0.5) is 17.6 Å². The average Bonchev–Trinajstić information content (AvgIpc) is 2.91. The molecule has 1 amide bonds. The summed E-state index contributed by atoms with van der Waals surface area (Å²) >= 11 is 5.64. The fraction of sp³-hybridized carbons (Fsp3) is 0.400. The van der Waals surface area contributed by atoms with E-state index < -0.39 is 18.5 Å². The van der Waals surface area contributed by atoms with E-state index in [2.05, 4.69) is 15.1 Å². The lowest BCUT2D eigenvalue weighted by Gasteiger charge is -2.19. The van der Waals surface area contributed by atoms with E-state index in [4.69, 9.17) is 16.3 Å². The number of alkyl halides is 3. The Bertz CT molecular complexity index is 1140. The Balaban J connectivity index is 1.72. The molecule has 12 heteroatoms. The molecule has 32 heavy (non-hydrogen) atoms. The number of aromatic nitrogens is 4. The fourth-order valence-corrected chi connectivity index (χ4v) is 3.61. The number of carbonyl (C=O) groups excluding carboxylic acids is 1. The molecule has 0 aliphatic carbocycles. The van der Waals surface area contributed by atoms with Crippen LogP contribution in [0.3, 0.4) is 0 Å². The van der Waals surface area contributed by atoms with Crippen LogP contribution in [0.15, 0.2) is 24.5 Å². The van der Waals surface area contributed by atoms with E-state index in [0.29, 0.717) is 38.1 Å². The standard InChI is InChI=1S/C20H18ClF4N5O2/c21-14-10-26-12(6-15(14)22)7-16-13-9-27-17(19(31)29-2-1-4-32-5-3-29)8-18(13)30(28-16)11-20(23,24)25/h6,8-10H,1-5,7,11H2. The summed E-state index contributed by atoms with van der Waals surface area (Å²) in [4.78, 5) is 22.6. The number of rotatable bonds is 4. The van der Waals surface area contributed by atoms with E-state index in [9.17, 15) is 22.4 Å². The second-order valence-corrected chi connectivity index (χ2v) is 7.74. The Morgan fingerprint density at radius 3 is 2.72 bits per heavy atom. The number of hydrogen-bond donors (Lipinski definition) is 0. The van der Waals surface area contributed by atoms with Gasteiger partial charge in [0.1, 0.15) is 18.1 Å². The molecule has 1 fully saturated rings. The molecule has 4 rings (SSSR count). The minimum Gasteiger partial charge on any atom is -0.380 e. The molecule has 0 aromatic carbocycles. The van der Waals surface area contributed by atoms with Gasteiger partial charge in [-0.25, -0.2) is 4.39 Å². The highest BCUT2D eigenvalue weighted by Gasteiger charge is 2.30. The number of carbonyl (C=O) groups is 1. The molecule has 1 saturated heterocycles. The van der Waals surface area contributed by atoms with Crippen LogP contribution in [0.25, 0.3) is 10.9 Å². The highest BCUT2D eigenvalue weighted by atomic mass is 35.5. The topological polar surface area (TPSA) is 73.1 Å². The highest BCUT2D eigenvalue weighted by molar-refractivity contribution is 6.30. The summed E-state index contributed by atoms with van der Waals surface area (Å²) in [7, 11) is 0. The normalized spacial score (nSPS) is 15.2. The van der Waals surface area contributed by atoms with Gasteiger partial charge >= 0.3 is 6.18 Å². The zero-order valence-electron chi connectivity index (χ0n) is 16.7. The smallest absolute Gasteiger partial charge is 0.380 e. The average molecular weight is 472 g/mol. The lowest BCUT2D eigenvalue weighted by atomic mass is 10.1. The van der Waals surface area contributed by atoms with Gasteiger partial charge < -0.3 is 9.64 Å². The highest BCUT2D eigenvalue weighted by Crippen LogP contribution is 2.26. The zero-order valence-corrected chi connectivity index (χ0v) is 17.5. The third kappa shape index (κ3) is 4.99. The molecule has 0 bridgehead atoms. The number of amides is 1. The summed E-state index contributed by atoms with van der Waals surface area (Å²) in [5, 5.41) is 4.23. The van der Waals surface area contributed by atoms with Gasteiger partial charge in [-0.3, -0.25) is 19.4 Å². The van der Waals surface area contributed by atoms with Crippen LogP contribution in [0, 0.1) is 5.82 Å². The van der Waals surface area contributed by atoms with E-state index in [-0.39, 0.29) is 39.9 Å². The molecule has 0 atom stereocenters. The van der Waals surface area contributed by atoms with Crippen LogP contribution in [-0.2, 0) is 17.7 Å². The van der Waals surface area contributed by atoms with Crippen LogP contribution >= 0.6 is 11.6 Å². The first-order valence-electron chi connectivity index (χ1n) is 9.80. The number of pyridine rings is 2. The molecule has 3 aromatic rings. The summed E-state index contributed by atoms with van der Waals surface area (Å²) in [5.74, 6) is -1.08. The fourth-order valence-electron chi connectivity index (χ4n) is 3.51. The molecule has 170 valence electrons. The number of nitrogens with zero attached hydrogens (tertiary/aromatic N) is 5. The van der Waals surface area contributed by atoms with Gasteiger partial charge in [-0.15, -0.1) is 0 Å². The number of halogens is 5. The summed E-state index contributed by atoms with van der Waals surface area (Å²) < 4.78 is 59.3. The molecule has 0 spiro atoms. The first-order valence-corrected chi connectivity index (χ1v) is 10.2. The Labute approximate surface area is 184 Å². The van der Waals surface area contributed by atoms with Gasteiger partial charge in [-0.1, -0.05) is 11.6 Å². The molecule has 1 aliphatic rings. The predicted octanol–water partition coefficient (Wildman–Crippen LogP) is 3.63. The number of hydrogen-bond acceptors (Lipinski definition) is 5. The van der Waals surface area contributed by atoms with Crippen LogP contribution in [0.2, 0.25) is 5.02 Å². The van der Waals surface area contributed by atoms with E-state index >= 15 is 0 Å². The summed E-state index contributed by atoms with van der Waals surface area (Å²) in [5.41, 5.74) is 0.601. The van der Waals surface area contributed by atoms with Crippen molar-refractivity contribution in [3.63, 3.8) is 0 Å². The third-order valence-electron chi connectivity index (χ3n) is 4.98. The van der Waals surface area contributed by atoms with Crippen LogP contribution in [-0.4, -0.2) is 63.0 Å². The van der Waals surface area contributed by atoms with Crippen LogP contribution in [0.5, 0.6) is 0 Å². The first-order chi connectivity index (χ1) is 15.2. The molecule has 7 nitrogen and oxygen atoms in total. The summed E-state index contributed by atoms with van der Waals surface area (Å²) in [6.07, 6.45) is -1.46. The van der Waals surface area contributed by atoms with Crippen molar-refractivity contribution in [1.82, 2.24) is 24.6 Å². The van der Waals surface area contributed by atoms with Crippen LogP contribution < -0.4 is 0 Å². The number of fused-ring (bicyclic) bond motifs is 1. The maximum Gasteiger partial charge on any atom is 0.408 e. The molecule has 0 unspecified atom stereocenters. The molecular weight excluding hydrogens is 454 g/mol. The van der Waals surface area contributed by atoms with Gasteiger partial charge in [-0.05, 0) is 18.6 Å². The quantitative estimate of drug-likeness (QED) is 0.543. The Kier molecular flexibility index (Phi) is 6.29. The maximum atomic E-state index is 13.8. The van der Waals surface area contributed by atoms with Crippen molar-refractivity contribution in [2.75, 3.05) is 26.3 Å². The molecule has 0 saturated carbocycles. The molecular formula is C20H18ClF4N5O2. The van der Waals surface area contributed by atoms with Crippen molar-refractivity contribution in [3.8, 4) is 0 Å². The molecule has 0 N–H and O–H groups in total. The lowest BCUT2D eigenvalue weighted by Crippen LogP contribution is -2.33. The van der Waals surface area contributed by atoms with Gasteiger partial charge in [0.2, 0.25) is 0 Å². The van der Waals surface area contributed by atoms with Crippen LogP contribution in [0.1, 0.15) is 28.3 Å². The SMILES string of the molecule is O=C(c1cc2c(cn1)c(Cc1cc(F)c(Cl)cn1)nn2CC(F)(F)F)N1CCCOCC1. The third-order valence-corrected chi connectivity index (χ3v) is 5.26. The van der Waals surface area contributed by atoms with Crippen molar-refractivity contribution in [3.05, 3.63) is 52.4 Å². The Hall–Kier alpha value is -2.79. The second-order valence-electron chi connectivity index (χ2n) is 7.33. The van der Waals surface area contributed by atoms with Crippen molar-refractivity contribution < 1.29 is 27.1 Å². The van der Waals surface area contributed by atoms with Crippen molar-refractivity contribution in [2.45, 2.75) is 25.6 Å². The van der Waals surface area contributed by atoms with Crippen molar-refractivity contribution >= 4 is 28.4 Å². The predicted molar refractivity (Wildman–Crippen MR) is 107 cm³/mol. The van der Waals surface area contributed by atoms with Crippen molar-refractivity contribution in [1.29, 1.82) is 0 Å². The van der Waals surface area contributed by atoms with E-state index in [1.165, 1.54) is 12.3 Å². The largest absolute Gasteiger partial charge is 0.408 e. The van der Waals surface area contributed by atoms with E-state index in [1.54, 1.807) is 4.90 Å².